The van der Waals surface area contributed by atoms with Crippen LogP contribution in [-0.4, -0.2) is 29.8 Å². The van der Waals surface area contributed by atoms with Crippen molar-refractivity contribution in [1.82, 2.24) is 9.55 Å². The fourth-order valence-corrected chi connectivity index (χ4v) is 4.30. The van der Waals surface area contributed by atoms with Crippen molar-refractivity contribution in [3.05, 3.63) is 58.9 Å². The van der Waals surface area contributed by atoms with Gasteiger partial charge in [0.2, 0.25) is 0 Å². The van der Waals surface area contributed by atoms with E-state index in [4.69, 9.17) is 9.72 Å². The Morgan fingerprint density at radius 3 is 2.73 bits per heavy atom. The number of benzene rings is 1. The van der Waals surface area contributed by atoms with E-state index in [1.165, 1.54) is 33.3 Å². The van der Waals surface area contributed by atoms with Gasteiger partial charge in [0.05, 0.1) is 12.1 Å². The number of ether oxygens (including phenoxy) is 1. The first-order chi connectivity index (χ1) is 12.7. The Hall–Kier alpha value is -2.33. The zero-order valence-electron chi connectivity index (χ0n) is 16.0. The largest absolute Gasteiger partial charge is 0.383 e. The van der Waals surface area contributed by atoms with Gasteiger partial charge in [-0.15, -0.1) is 0 Å². The van der Waals surface area contributed by atoms with Crippen LogP contribution < -0.4 is 4.90 Å². The van der Waals surface area contributed by atoms with Gasteiger partial charge in [0, 0.05) is 44.0 Å². The first kappa shape index (κ1) is 17.1. The molecule has 0 amide bonds. The molecule has 3 aromatic rings. The molecule has 4 heteroatoms. The van der Waals surface area contributed by atoms with Gasteiger partial charge in [0.1, 0.15) is 0 Å². The van der Waals surface area contributed by atoms with Gasteiger partial charge in [-0.3, -0.25) is 0 Å². The lowest BCUT2D eigenvalue weighted by Crippen LogP contribution is -2.31. The highest BCUT2D eigenvalue weighted by Gasteiger charge is 2.23. The van der Waals surface area contributed by atoms with Crippen molar-refractivity contribution in [2.75, 3.05) is 25.2 Å². The van der Waals surface area contributed by atoms with Gasteiger partial charge in [0.25, 0.3) is 0 Å². The molecule has 0 aliphatic carbocycles. The van der Waals surface area contributed by atoms with E-state index in [0.717, 1.165) is 38.3 Å². The second-order valence-electron chi connectivity index (χ2n) is 7.04. The molecule has 0 fully saturated rings. The van der Waals surface area contributed by atoms with E-state index in [0.29, 0.717) is 6.61 Å². The molecule has 0 atom stereocenters. The highest BCUT2D eigenvalue weighted by Crippen LogP contribution is 2.34. The first-order valence-corrected chi connectivity index (χ1v) is 9.52. The van der Waals surface area contributed by atoms with E-state index >= 15 is 0 Å². The number of pyridine rings is 1. The van der Waals surface area contributed by atoms with Crippen LogP contribution in [0.2, 0.25) is 0 Å². The maximum atomic E-state index is 5.38. The zero-order valence-corrected chi connectivity index (χ0v) is 16.0. The quantitative estimate of drug-likeness (QED) is 0.694. The number of methoxy groups -OCH3 is 1. The minimum absolute atomic E-state index is 0.716. The molecule has 4 nitrogen and oxygen atoms in total. The van der Waals surface area contributed by atoms with Crippen LogP contribution in [0.4, 0.5) is 5.82 Å². The van der Waals surface area contributed by atoms with Crippen LogP contribution in [0.5, 0.6) is 0 Å². The minimum atomic E-state index is 0.716. The Bertz CT molecular complexity index is 929. The molecule has 26 heavy (non-hydrogen) atoms. The summed E-state index contributed by atoms with van der Waals surface area (Å²) in [6.45, 7) is 7.99. The monoisotopic (exact) mass is 349 g/mol. The first-order valence-electron chi connectivity index (χ1n) is 9.52. The molecular weight excluding hydrogens is 322 g/mol. The van der Waals surface area contributed by atoms with Crippen molar-refractivity contribution in [2.45, 2.75) is 39.8 Å². The van der Waals surface area contributed by atoms with Crippen molar-refractivity contribution < 1.29 is 4.74 Å². The van der Waals surface area contributed by atoms with Gasteiger partial charge < -0.3 is 14.2 Å². The van der Waals surface area contributed by atoms with Crippen molar-refractivity contribution in [3.63, 3.8) is 0 Å². The molecule has 0 unspecified atom stereocenters. The van der Waals surface area contributed by atoms with Crippen molar-refractivity contribution in [2.24, 2.45) is 0 Å². The number of fused-ring (bicyclic) bond motifs is 2. The summed E-state index contributed by atoms with van der Waals surface area (Å²) >= 11 is 0. The predicted octanol–water partition coefficient (Wildman–Crippen LogP) is 4.12. The van der Waals surface area contributed by atoms with Crippen LogP contribution in [0, 0.1) is 6.92 Å². The maximum absolute atomic E-state index is 5.38. The van der Waals surface area contributed by atoms with Gasteiger partial charge >= 0.3 is 0 Å². The Labute approximate surface area is 155 Å². The molecule has 0 saturated carbocycles. The van der Waals surface area contributed by atoms with Crippen LogP contribution in [0.1, 0.15) is 29.3 Å². The Kier molecular flexibility index (Phi) is 4.68. The summed E-state index contributed by atoms with van der Waals surface area (Å²) in [5.74, 6) is 1.11. The van der Waals surface area contributed by atoms with Crippen LogP contribution in [0.3, 0.4) is 0 Å². The van der Waals surface area contributed by atoms with E-state index in [-0.39, 0.29) is 0 Å². The number of aromatic nitrogens is 2. The van der Waals surface area contributed by atoms with Crippen LogP contribution in [0.15, 0.2) is 36.5 Å². The molecule has 0 saturated heterocycles. The van der Waals surface area contributed by atoms with Gasteiger partial charge in [-0.05, 0) is 42.5 Å². The molecule has 0 bridgehead atoms. The molecule has 0 N–H and O–H groups in total. The molecule has 1 aliphatic rings. The predicted molar refractivity (Wildman–Crippen MR) is 107 cm³/mol. The maximum Gasteiger partial charge on any atom is 0.153 e. The molecule has 0 spiro atoms. The summed E-state index contributed by atoms with van der Waals surface area (Å²) in [6.07, 6.45) is 4.06. The van der Waals surface area contributed by atoms with Gasteiger partial charge in [-0.25, -0.2) is 4.98 Å². The molecule has 136 valence electrons. The molecule has 3 heterocycles. The third-order valence-corrected chi connectivity index (χ3v) is 5.62. The SMILES string of the molecule is CCc1c(C)c2ccnc(N3CCc4ccccc4C3)c2n1CCOC. The van der Waals surface area contributed by atoms with Crippen molar-refractivity contribution >= 4 is 16.7 Å². The average Bonchev–Trinajstić information content (AvgIpc) is 2.97. The number of nitrogens with zero attached hydrogens (tertiary/aromatic N) is 3. The molecule has 0 radical (unpaired) electrons. The van der Waals surface area contributed by atoms with Crippen LogP contribution in [0.25, 0.3) is 10.9 Å². The lowest BCUT2D eigenvalue weighted by Gasteiger charge is -2.30. The van der Waals surface area contributed by atoms with Crippen molar-refractivity contribution in [3.8, 4) is 0 Å². The third-order valence-electron chi connectivity index (χ3n) is 5.62. The molecule has 4 rings (SSSR count). The van der Waals surface area contributed by atoms with Crippen LogP contribution >= 0.6 is 0 Å². The highest BCUT2D eigenvalue weighted by molar-refractivity contribution is 5.93. The van der Waals surface area contributed by atoms with E-state index in [1.807, 2.05) is 6.20 Å². The van der Waals surface area contributed by atoms with Crippen molar-refractivity contribution in [1.29, 1.82) is 0 Å². The Morgan fingerprint density at radius 1 is 1.15 bits per heavy atom. The average molecular weight is 349 g/mol. The van der Waals surface area contributed by atoms with Gasteiger partial charge in [0.15, 0.2) is 5.82 Å². The summed E-state index contributed by atoms with van der Waals surface area (Å²) in [6, 6.07) is 10.9. The topological polar surface area (TPSA) is 30.3 Å². The second-order valence-corrected chi connectivity index (χ2v) is 7.04. The van der Waals surface area contributed by atoms with Gasteiger partial charge in [-0.2, -0.15) is 0 Å². The smallest absolute Gasteiger partial charge is 0.153 e. The van der Waals surface area contributed by atoms with E-state index < -0.39 is 0 Å². The molecular formula is C22H27N3O. The lowest BCUT2D eigenvalue weighted by atomic mass is 10.00. The van der Waals surface area contributed by atoms with Gasteiger partial charge in [-0.1, -0.05) is 31.2 Å². The summed E-state index contributed by atoms with van der Waals surface area (Å²) in [5, 5.41) is 1.32. The number of anilines is 1. The summed E-state index contributed by atoms with van der Waals surface area (Å²) in [4.78, 5) is 7.26. The number of hydrogen-bond acceptors (Lipinski definition) is 3. The van der Waals surface area contributed by atoms with E-state index in [9.17, 15) is 0 Å². The summed E-state index contributed by atoms with van der Waals surface area (Å²) in [7, 11) is 1.77. The fraction of sp³-hybridized carbons (Fsp3) is 0.409. The number of aryl methyl sites for hydroxylation is 1. The molecule has 2 aromatic heterocycles. The molecule has 1 aromatic carbocycles. The second kappa shape index (κ2) is 7.12. The normalized spacial score (nSPS) is 14.0. The summed E-state index contributed by atoms with van der Waals surface area (Å²) < 4.78 is 7.81. The van der Waals surface area contributed by atoms with E-state index in [2.05, 4.69) is 53.6 Å². The summed E-state index contributed by atoms with van der Waals surface area (Å²) in [5.41, 5.74) is 6.91. The minimum Gasteiger partial charge on any atom is -0.383 e. The third kappa shape index (κ3) is 2.78. The Balaban J connectivity index is 1.83. The highest BCUT2D eigenvalue weighted by atomic mass is 16.5. The van der Waals surface area contributed by atoms with E-state index in [1.54, 1.807) is 7.11 Å². The molecule has 1 aliphatic heterocycles. The Morgan fingerprint density at radius 2 is 1.96 bits per heavy atom. The standard InChI is InChI=1S/C22H27N3O/c1-4-20-16(2)19-9-11-23-22(21(19)25(20)13-14-26-3)24-12-10-17-7-5-6-8-18(17)15-24/h5-9,11H,4,10,12-15H2,1-3H3. The number of rotatable bonds is 5. The fourth-order valence-electron chi connectivity index (χ4n) is 4.30. The zero-order chi connectivity index (χ0) is 18.1. The lowest BCUT2D eigenvalue weighted by molar-refractivity contribution is 0.187. The number of hydrogen-bond donors (Lipinski definition) is 0. The van der Waals surface area contributed by atoms with Crippen LogP contribution in [-0.2, 0) is 30.7 Å².